The highest BCUT2D eigenvalue weighted by Crippen LogP contribution is 2.31. The van der Waals surface area contributed by atoms with Crippen molar-refractivity contribution in [2.75, 3.05) is 18.4 Å². The van der Waals surface area contributed by atoms with Gasteiger partial charge in [0.2, 0.25) is 11.8 Å². The van der Waals surface area contributed by atoms with Gasteiger partial charge in [0.1, 0.15) is 5.76 Å². The third-order valence-electron chi connectivity index (χ3n) is 4.99. The number of carbonyl (C=O) groups excluding carboxylic acids is 2. The van der Waals surface area contributed by atoms with E-state index in [1.807, 2.05) is 4.90 Å². The Kier molecular flexibility index (Phi) is 4.98. The van der Waals surface area contributed by atoms with Crippen molar-refractivity contribution < 1.29 is 14.1 Å². The average molecular weight is 319 g/mol. The maximum atomic E-state index is 12.5. The Labute approximate surface area is 136 Å². The van der Waals surface area contributed by atoms with E-state index in [2.05, 4.69) is 10.5 Å². The molecule has 0 spiro atoms. The van der Waals surface area contributed by atoms with Crippen LogP contribution >= 0.6 is 0 Å². The van der Waals surface area contributed by atoms with Crippen LogP contribution < -0.4 is 5.32 Å². The second-order valence-corrected chi connectivity index (χ2v) is 6.75. The Morgan fingerprint density at radius 1 is 1.13 bits per heavy atom. The van der Waals surface area contributed by atoms with Crippen LogP contribution in [0.15, 0.2) is 10.6 Å². The minimum atomic E-state index is -0.0302. The summed E-state index contributed by atoms with van der Waals surface area (Å²) in [6.45, 7) is 3.61. The van der Waals surface area contributed by atoms with Gasteiger partial charge in [-0.2, -0.15) is 0 Å². The molecule has 1 saturated carbocycles. The van der Waals surface area contributed by atoms with Gasteiger partial charge in [0.05, 0.1) is 0 Å². The highest BCUT2D eigenvalue weighted by molar-refractivity contribution is 5.91. The number of hydrogen-bond acceptors (Lipinski definition) is 4. The molecule has 2 aliphatic rings. The van der Waals surface area contributed by atoms with Gasteiger partial charge < -0.3 is 14.7 Å². The standard InChI is InChI=1S/C17H25N3O3/c1-12-11-15(19-23-12)18-16(21)13-5-7-14(8-6-13)17(22)20-9-3-2-4-10-20/h11,13-14H,2-10H2,1H3,(H,18,19,21). The third kappa shape index (κ3) is 3.92. The van der Waals surface area contributed by atoms with Gasteiger partial charge in [0.15, 0.2) is 5.82 Å². The van der Waals surface area contributed by atoms with Gasteiger partial charge in [-0.25, -0.2) is 0 Å². The lowest BCUT2D eigenvalue weighted by Crippen LogP contribution is -2.41. The molecule has 1 N–H and O–H groups in total. The Balaban J connectivity index is 1.47. The van der Waals surface area contributed by atoms with E-state index in [9.17, 15) is 9.59 Å². The topological polar surface area (TPSA) is 75.4 Å². The highest BCUT2D eigenvalue weighted by atomic mass is 16.5. The molecule has 0 radical (unpaired) electrons. The molecule has 23 heavy (non-hydrogen) atoms. The molecule has 0 atom stereocenters. The molecule has 2 heterocycles. The first-order valence-electron chi connectivity index (χ1n) is 8.66. The number of nitrogens with one attached hydrogen (secondary N) is 1. The summed E-state index contributed by atoms with van der Waals surface area (Å²) in [5, 5.41) is 6.59. The van der Waals surface area contributed by atoms with E-state index in [0.29, 0.717) is 17.5 Å². The van der Waals surface area contributed by atoms with Crippen LogP contribution in [0, 0.1) is 18.8 Å². The van der Waals surface area contributed by atoms with Gasteiger partial charge in [0.25, 0.3) is 0 Å². The number of amides is 2. The smallest absolute Gasteiger partial charge is 0.228 e. The maximum Gasteiger partial charge on any atom is 0.228 e. The molecule has 1 aliphatic heterocycles. The van der Waals surface area contributed by atoms with Crippen molar-refractivity contribution in [2.24, 2.45) is 11.8 Å². The number of carbonyl (C=O) groups is 2. The molecular weight excluding hydrogens is 294 g/mol. The van der Waals surface area contributed by atoms with Crippen molar-refractivity contribution in [3.8, 4) is 0 Å². The molecule has 0 unspecified atom stereocenters. The van der Waals surface area contributed by atoms with E-state index >= 15 is 0 Å². The molecule has 1 aliphatic carbocycles. The molecule has 3 rings (SSSR count). The Morgan fingerprint density at radius 3 is 2.39 bits per heavy atom. The number of anilines is 1. The largest absolute Gasteiger partial charge is 0.360 e. The zero-order chi connectivity index (χ0) is 16.2. The molecule has 126 valence electrons. The van der Waals surface area contributed by atoms with Crippen molar-refractivity contribution in [3.05, 3.63) is 11.8 Å². The van der Waals surface area contributed by atoms with Crippen molar-refractivity contribution in [2.45, 2.75) is 51.9 Å². The lowest BCUT2D eigenvalue weighted by atomic mass is 9.80. The van der Waals surface area contributed by atoms with Crippen molar-refractivity contribution in [1.82, 2.24) is 10.1 Å². The summed E-state index contributed by atoms with van der Waals surface area (Å²) in [6.07, 6.45) is 6.65. The minimum Gasteiger partial charge on any atom is -0.360 e. The van der Waals surface area contributed by atoms with Crippen LogP contribution in [0.4, 0.5) is 5.82 Å². The SMILES string of the molecule is Cc1cc(NC(=O)C2CCC(C(=O)N3CCCCC3)CC2)no1. The highest BCUT2D eigenvalue weighted by Gasteiger charge is 2.32. The number of piperidine rings is 1. The van der Waals surface area contributed by atoms with Crippen LogP contribution in [0.25, 0.3) is 0 Å². The molecule has 1 aromatic rings. The zero-order valence-electron chi connectivity index (χ0n) is 13.7. The number of aromatic nitrogens is 1. The number of likely N-dealkylation sites (tertiary alicyclic amines) is 1. The molecular formula is C17H25N3O3. The van der Waals surface area contributed by atoms with Crippen molar-refractivity contribution >= 4 is 17.6 Å². The van der Waals surface area contributed by atoms with Crippen LogP contribution in [0.3, 0.4) is 0 Å². The molecule has 2 amide bonds. The van der Waals surface area contributed by atoms with E-state index in [-0.39, 0.29) is 17.7 Å². The first kappa shape index (κ1) is 16.0. The van der Waals surface area contributed by atoms with Gasteiger partial charge >= 0.3 is 0 Å². The van der Waals surface area contributed by atoms with Crippen molar-refractivity contribution in [3.63, 3.8) is 0 Å². The van der Waals surface area contributed by atoms with E-state index in [1.165, 1.54) is 6.42 Å². The third-order valence-corrected chi connectivity index (χ3v) is 4.99. The zero-order valence-corrected chi connectivity index (χ0v) is 13.7. The summed E-state index contributed by atoms with van der Waals surface area (Å²) in [7, 11) is 0. The molecule has 2 fully saturated rings. The van der Waals surface area contributed by atoms with E-state index < -0.39 is 0 Å². The fourth-order valence-corrected chi connectivity index (χ4v) is 3.63. The normalized spacial score (nSPS) is 25.2. The fourth-order valence-electron chi connectivity index (χ4n) is 3.63. The van der Waals surface area contributed by atoms with Crippen LogP contribution in [-0.4, -0.2) is 35.0 Å². The monoisotopic (exact) mass is 319 g/mol. The molecule has 1 saturated heterocycles. The number of rotatable bonds is 3. The number of hydrogen-bond donors (Lipinski definition) is 1. The van der Waals surface area contributed by atoms with Gasteiger partial charge in [-0.1, -0.05) is 5.16 Å². The first-order valence-corrected chi connectivity index (χ1v) is 8.66. The fraction of sp³-hybridized carbons (Fsp3) is 0.706. The van der Waals surface area contributed by atoms with Crippen LogP contribution in [0.2, 0.25) is 0 Å². The van der Waals surface area contributed by atoms with E-state index in [0.717, 1.165) is 51.6 Å². The van der Waals surface area contributed by atoms with E-state index in [4.69, 9.17) is 4.52 Å². The molecule has 1 aromatic heterocycles. The second-order valence-electron chi connectivity index (χ2n) is 6.75. The quantitative estimate of drug-likeness (QED) is 0.929. The average Bonchev–Trinajstić information content (AvgIpc) is 3.00. The Morgan fingerprint density at radius 2 is 1.78 bits per heavy atom. The summed E-state index contributed by atoms with van der Waals surface area (Å²) >= 11 is 0. The van der Waals surface area contributed by atoms with E-state index in [1.54, 1.807) is 13.0 Å². The van der Waals surface area contributed by atoms with Crippen molar-refractivity contribution in [1.29, 1.82) is 0 Å². The second kappa shape index (κ2) is 7.15. The lowest BCUT2D eigenvalue weighted by molar-refractivity contribution is -0.138. The number of aryl methyl sites for hydroxylation is 1. The minimum absolute atomic E-state index is 0.0119. The summed E-state index contributed by atoms with van der Waals surface area (Å²) in [4.78, 5) is 26.8. The molecule has 6 nitrogen and oxygen atoms in total. The van der Waals surface area contributed by atoms with Gasteiger partial charge in [-0.05, 0) is 51.9 Å². The van der Waals surface area contributed by atoms with Crippen LogP contribution in [0.5, 0.6) is 0 Å². The summed E-state index contributed by atoms with van der Waals surface area (Å²) in [5.41, 5.74) is 0. The predicted octanol–water partition coefficient (Wildman–Crippen LogP) is 2.74. The maximum absolute atomic E-state index is 12.5. The Bertz CT molecular complexity index is 555. The molecule has 0 bridgehead atoms. The first-order chi connectivity index (χ1) is 11.1. The molecule has 6 heteroatoms. The summed E-state index contributed by atoms with van der Waals surface area (Å²) in [6, 6.07) is 1.71. The number of nitrogens with zero attached hydrogens (tertiary/aromatic N) is 2. The Hall–Kier alpha value is -1.85. The van der Waals surface area contributed by atoms with Gasteiger partial charge in [-0.15, -0.1) is 0 Å². The predicted molar refractivity (Wildman–Crippen MR) is 85.7 cm³/mol. The lowest BCUT2D eigenvalue weighted by Gasteiger charge is -2.33. The van der Waals surface area contributed by atoms with Crippen LogP contribution in [-0.2, 0) is 9.59 Å². The summed E-state index contributed by atoms with van der Waals surface area (Å²) in [5.74, 6) is 1.51. The van der Waals surface area contributed by atoms with Crippen LogP contribution in [0.1, 0.15) is 50.7 Å². The van der Waals surface area contributed by atoms with Gasteiger partial charge in [0, 0.05) is 31.0 Å². The van der Waals surface area contributed by atoms with Gasteiger partial charge in [-0.3, -0.25) is 9.59 Å². The molecule has 0 aromatic carbocycles. The summed E-state index contributed by atoms with van der Waals surface area (Å²) < 4.78 is 4.95.